The van der Waals surface area contributed by atoms with Gasteiger partial charge in [-0.1, -0.05) is 35.9 Å². The minimum Gasteiger partial charge on any atom is -1.00 e. The lowest BCUT2D eigenvalue weighted by Crippen LogP contribution is -3.00. The molecule has 0 N–H and O–H groups in total. The molecule has 23 heavy (non-hydrogen) atoms. The molecule has 1 aromatic rings. The van der Waals surface area contributed by atoms with Gasteiger partial charge in [0.1, 0.15) is 0 Å². The van der Waals surface area contributed by atoms with Gasteiger partial charge in [0.25, 0.3) is 0 Å². The van der Waals surface area contributed by atoms with Crippen molar-refractivity contribution in [3.8, 4) is 0 Å². The highest BCUT2D eigenvalue weighted by atomic mass is 35.5. The lowest BCUT2D eigenvalue weighted by atomic mass is 10.0. The van der Waals surface area contributed by atoms with Crippen LogP contribution in [-0.2, 0) is 16.0 Å². The first kappa shape index (κ1) is 19.7. The van der Waals surface area contributed by atoms with Crippen molar-refractivity contribution in [2.24, 2.45) is 0 Å². The molecule has 1 aromatic carbocycles. The maximum atomic E-state index is 11.8. The summed E-state index contributed by atoms with van der Waals surface area (Å²) in [7, 11) is 1.49. The van der Waals surface area contributed by atoms with E-state index in [1.54, 1.807) is 0 Å². The van der Waals surface area contributed by atoms with E-state index in [-0.39, 0.29) is 18.4 Å². The van der Waals surface area contributed by atoms with E-state index in [1.165, 1.54) is 37.5 Å². The van der Waals surface area contributed by atoms with Gasteiger partial charge in [0.2, 0.25) is 0 Å². The highest BCUT2D eigenvalue weighted by molar-refractivity contribution is 5.70. The molecule has 0 atom stereocenters. The summed E-state index contributed by atoms with van der Waals surface area (Å²) in [6, 6.07) is 10.5. The molecule has 4 heteroatoms. The molecule has 0 unspecified atom stereocenters. The number of likely N-dealkylation sites (tertiary alicyclic amines) is 1. The maximum Gasteiger partial charge on any atom is 0.361 e. The third-order valence-electron chi connectivity index (χ3n) is 4.61. The lowest BCUT2D eigenvalue weighted by Gasteiger charge is -2.40. The number of benzene rings is 1. The van der Waals surface area contributed by atoms with Crippen LogP contribution in [0, 0.1) is 0 Å². The van der Waals surface area contributed by atoms with E-state index in [0.717, 1.165) is 30.5 Å². The van der Waals surface area contributed by atoms with E-state index in [2.05, 4.69) is 37.3 Å². The van der Waals surface area contributed by atoms with Gasteiger partial charge in [-0.3, -0.25) is 0 Å². The zero-order valence-electron chi connectivity index (χ0n) is 14.3. The number of esters is 1. The van der Waals surface area contributed by atoms with Crippen LogP contribution in [0.1, 0.15) is 31.7 Å². The molecule has 1 saturated heterocycles. The summed E-state index contributed by atoms with van der Waals surface area (Å²) >= 11 is 0. The van der Waals surface area contributed by atoms with Crippen molar-refractivity contribution in [1.82, 2.24) is 0 Å². The number of allylic oxidation sites excluding steroid dienone is 1. The van der Waals surface area contributed by atoms with Crippen LogP contribution in [-0.4, -0.2) is 43.7 Å². The molecular formula is C19H28ClNO2. The topological polar surface area (TPSA) is 26.3 Å². The molecule has 0 aliphatic carbocycles. The molecular weight excluding hydrogens is 310 g/mol. The largest absolute Gasteiger partial charge is 1.00 e. The Labute approximate surface area is 146 Å². The van der Waals surface area contributed by atoms with Crippen LogP contribution in [0.4, 0.5) is 0 Å². The Hall–Kier alpha value is -1.32. The number of carbonyl (C=O) groups is 1. The van der Waals surface area contributed by atoms with Gasteiger partial charge in [-0.25, -0.2) is 4.79 Å². The number of hydrogen-bond donors (Lipinski definition) is 0. The number of methoxy groups -OCH3 is 1. The van der Waals surface area contributed by atoms with Gasteiger partial charge in [-0.2, -0.15) is 0 Å². The maximum absolute atomic E-state index is 11.8. The van der Waals surface area contributed by atoms with Crippen LogP contribution in [0.25, 0.3) is 0 Å². The first-order valence-corrected chi connectivity index (χ1v) is 8.25. The van der Waals surface area contributed by atoms with Gasteiger partial charge < -0.3 is 21.6 Å². The predicted octanol–water partition coefficient (Wildman–Crippen LogP) is 0.353. The van der Waals surface area contributed by atoms with Crippen LogP contribution in [0.15, 0.2) is 42.0 Å². The standard InChI is InChI=1S/C19H28NO2.ClH/c1-17(15-18-9-5-3-6-10-18)11-14-20(16-19(21)22-2)12-7-4-8-13-20;/h3,5-6,9-11H,4,7-8,12-16H2,1-2H3;1H/q+1;/p-1/b17-11+;. The molecule has 1 heterocycles. The predicted molar refractivity (Wildman–Crippen MR) is 89.5 cm³/mol. The fourth-order valence-corrected chi connectivity index (χ4v) is 3.27. The zero-order valence-corrected chi connectivity index (χ0v) is 15.0. The van der Waals surface area contributed by atoms with E-state index in [4.69, 9.17) is 4.74 Å². The molecule has 0 saturated carbocycles. The first-order valence-electron chi connectivity index (χ1n) is 8.25. The van der Waals surface area contributed by atoms with E-state index >= 15 is 0 Å². The van der Waals surface area contributed by atoms with E-state index in [9.17, 15) is 4.79 Å². The molecule has 2 rings (SSSR count). The highest BCUT2D eigenvalue weighted by Gasteiger charge is 2.31. The molecule has 0 spiro atoms. The third-order valence-corrected chi connectivity index (χ3v) is 4.61. The number of ether oxygens (including phenoxy) is 1. The molecule has 0 bridgehead atoms. The van der Waals surface area contributed by atoms with Gasteiger partial charge >= 0.3 is 5.97 Å². The number of carbonyl (C=O) groups excluding carboxylic acids is 1. The summed E-state index contributed by atoms with van der Waals surface area (Å²) in [6.45, 7) is 5.80. The fraction of sp³-hybridized carbons (Fsp3) is 0.526. The summed E-state index contributed by atoms with van der Waals surface area (Å²) in [4.78, 5) is 11.8. The fourth-order valence-electron chi connectivity index (χ4n) is 3.27. The molecule has 128 valence electrons. The second kappa shape index (κ2) is 9.74. The SMILES string of the molecule is COC(=O)C[N+]1(C/C=C(\C)Cc2ccccc2)CCCCC1.[Cl-]. The van der Waals surface area contributed by atoms with E-state index in [0.29, 0.717) is 6.54 Å². The summed E-state index contributed by atoms with van der Waals surface area (Å²) in [6.07, 6.45) is 7.01. The van der Waals surface area contributed by atoms with Gasteiger partial charge in [0, 0.05) is 0 Å². The van der Waals surface area contributed by atoms with Crippen LogP contribution >= 0.6 is 0 Å². The van der Waals surface area contributed by atoms with E-state index in [1.807, 2.05) is 6.07 Å². The molecule has 1 aliphatic rings. The smallest absolute Gasteiger partial charge is 0.361 e. The number of quaternary nitrogens is 1. The number of nitrogens with zero attached hydrogens (tertiary/aromatic N) is 1. The van der Waals surface area contributed by atoms with Gasteiger partial charge in [0.05, 0.1) is 26.7 Å². The minimum absolute atomic E-state index is 0. The lowest BCUT2D eigenvalue weighted by molar-refractivity contribution is -0.920. The number of hydrogen-bond acceptors (Lipinski definition) is 2. The average Bonchev–Trinajstić information content (AvgIpc) is 2.55. The monoisotopic (exact) mass is 337 g/mol. The molecule has 0 radical (unpaired) electrons. The second-order valence-electron chi connectivity index (χ2n) is 6.48. The number of halogens is 1. The van der Waals surface area contributed by atoms with Crippen molar-refractivity contribution in [2.75, 3.05) is 33.3 Å². The molecule has 0 aromatic heterocycles. The number of piperidine rings is 1. The molecule has 3 nitrogen and oxygen atoms in total. The summed E-state index contributed by atoms with van der Waals surface area (Å²) in [5.41, 5.74) is 2.72. The van der Waals surface area contributed by atoms with Crippen molar-refractivity contribution in [1.29, 1.82) is 0 Å². The first-order chi connectivity index (χ1) is 10.6. The van der Waals surface area contributed by atoms with Crippen molar-refractivity contribution < 1.29 is 26.4 Å². The van der Waals surface area contributed by atoms with Gasteiger partial charge in [0.15, 0.2) is 6.54 Å². The highest BCUT2D eigenvalue weighted by Crippen LogP contribution is 2.20. The summed E-state index contributed by atoms with van der Waals surface area (Å²) in [5.74, 6) is -0.0870. The Morgan fingerprint density at radius 3 is 2.43 bits per heavy atom. The van der Waals surface area contributed by atoms with Crippen LogP contribution in [0.3, 0.4) is 0 Å². The van der Waals surface area contributed by atoms with Crippen LogP contribution in [0.5, 0.6) is 0 Å². The van der Waals surface area contributed by atoms with Gasteiger partial charge in [-0.15, -0.1) is 0 Å². The Morgan fingerprint density at radius 1 is 1.17 bits per heavy atom. The van der Waals surface area contributed by atoms with Crippen molar-refractivity contribution in [2.45, 2.75) is 32.6 Å². The van der Waals surface area contributed by atoms with Crippen molar-refractivity contribution in [3.63, 3.8) is 0 Å². The van der Waals surface area contributed by atoms with Gasteiger partial charge in [-0.05, 0) is 44.2 Å². The number of rotatable bonds is 6. The molecule has 1 aliphatic heterocycles. The Bertz CT molecular complexity index is 507. The van der Waals surface area contributed by atoms with E-state index < -0.39 is 0 Å². The van der Waals surface area contributed by atoms with Crippen molar-refractivity contribution >= 4 is 5.97 Å². The molecule has 0 amide bonds. The second-order valence-corrected chi connectivity index (χ2v) is 6.48. The van der Waals surface area contributed by atoms with Crippen LogP contribution < -0.4 is 12.4 Å². The Balaban J connectivity index is 0.00000264. The average molecular weight is 338 g/mol. The van der Waals surface area contributed by atoms with Crippen LogP contribution in [0.2, 0.25) is 0 Å². The third kappa shape index (κ3) is 6.36. The normalized spacial score (nSPS) is 17.2. The summed E-state index contributed by atoms with van der Waals surface area (Å²) in [5, 5.41) is 0. The Morgan fingerprint density at radius 2 is 1.83 bits per heavy atom. The van der Waals surface area contributed by atoms with Crippen molar-refractivity contribution in [3.05, 3.63) is 47.5 Å². The molecule has 1 fully saturated rings. The quantitative estimate of drug-likeness (QED) is 0.425. The summed E-state index contributed by atoms with van der Waals surface area (Å²) < 4.78 is 5.77. The minimum atomic E-state index is -0.0870. The Kier molecular flexibility index (Phi) is 8.35. The zero-order chi connectivity index (χ0) is 15.8.